The molecule has 2 amide bonds. The van der Waals surface area contributed by atoms with Crippen molar-refractivity contribution < 1.29 is 14.3 Å². The Balaban J connectivity index is 1.49. The first-order chi connectivity index (χ1) is 12.1. The van der Waals surface area contributed by atoms with Crippen LogP contribution in [0.3, 0.4) is 0 Å². The quantitative estimate of drug-likeness (QED) is 0.651. The summed E-state index contributed by atoms with van der Waals surface area (Å²) in [6, 6.07) is 6.72. The molecule has 1 fully saturated rings. The zero-order valence-corrected chi connectivity index (χ0v) is 15.2. The minimum Gasteiger partial charge on any atom is -0.379 e. The molecule has 2 N–H and O–H groups in total. The predicted octanol–water partition coefficient (Wildman–Crippen LogP) is 1.69. The van der Waals surface area contributed by atoms with E-state index in [1.54, 1.807) is 24.3 Å². The minimum absolute atomic E-state index is 0.0303. The van der Waals surface area contributed by atoms with Gasteiger partial charge in [-0.05, 0) is 43.7 Å². The summed E-state index contributed by atoms with van der Waals surface area (Å²) in [6.07, 6.45) is 1.98. The lowest BCUT2D eigenvalue weighted by Crippen LogP contribution is -2.38. The summed E-state index contributed by atoms with van der Waals surface area (Å²) >= 11 is 5.79. The fourth-order valence-electron chi connectivity index (χ4n) is 2.60. The number of carbonyl (C=O) groups is 2. The normalized spacial score (nSPS) is 14.9. The lowest BCUT2D eigenvalue weighted by molar-refractivity contribution is -0.121. The number of nitrogens with zero attached hydrogens (tertiary/aromatic N) is 1. The second kappa shape index (κ2) is 11.1. The van der Waals surface area contributed by atoms with Crippen molar-refractivity contribution >= 4 is 23.4 Å². The van der Waals surface area contributed by atoms with Crippen LogP contribution in [0.2, 0.25) is 5.02 Å². The van der Waals surface area contributed by atoms with Gasteiger partial charge in [0.2, 0.25) is 5.91 Å². The van der Waals surface area contributed by atoms with Crippen molar-refractivity contribution in [3.63, 3.8) is 0 Å². The molecule has 0 saturated carbocycles. The zero-order chi connectivity index (χ0) is 17.9. The van der Waals surface area contributed by atoms with E-state index < -0.39 is 0 Å². The molecule has 0 atom stereocenters. The molecule has 1 saturated heterocycles. The van der Waals surface area contributed by atoms with Crippen molar-refractivity contribution in [2.75, 3.05) is 45.9 Å². The highest BCUT2D eigenvalue weighted by molar-refractivity contribution is 6.30. The summed E-state index contributed by atoms with van der Waals surface area (Å²) in [5.74, 6) is -0.120. The van der Waals surface area contributed by atoms with Crippen molar-refractivity contribution in [1.29, 1.82) is 0 Å². The van der Waals surface area contributed by atoms with Crippen molar-refractivity contribution in [2.24, 2.45) is 0 Å². The Hall–Kier alpha value is -1.63. The van der Waals surface area contributed by atoms with Gasteiger partial charge in [-0.2, -0.15) is 0 Å². The molecule has 6 nitrogen and oxygen atoms in total. The average Bonchev–Trinajstić information content (AvgIpc) is 2.63. The Morgan fingerprint density at radius 3 is 2.44 bits per heavy atom. The number of morpholine rings is 1. The zero-order valence-electron chi connectivity index (χ0n) is 14.4. The number of ether oxygens (including phenoxy) is 1. The van der Waals surface area contributed by atoms with Gasteiger partial charge in [-0.1, -0.05) is 11.6 Å². The van der Waals surface area contributed by atoms with Gasteiger partial charge in [-0.3, -0.25) is 14.5 Å². The molecular formula is C18H26ClN3O3. The van der Waals surface area contributed by atoms with E-state index in [0.29, 0.717) is 36.5 Å². The standard InChI is InChI=1S/C18H26ClN3O3/c19-16-6-4-15(5-7-16)18(24)21-8-1-3-17(23)20-9-2-10-22-11-13-25-14-12-22/h4-7H,1-3,8-14H2,(H,20,23)(H,21,24). The van der Waals surface area contributed by atoms with Gasteiger partial charge in [0.05, 0.1) is 13.2 Å². The molecule has 1 heterocycles. The maximum atomic E-state index is 11.9. The van der Waals surface area contributed by atoms with Crippen LogP contribution in [-0.4, -0.2) is 62.7 Å². The maximum absolute atomic E-state index is 11.9. The van der Waals surface area contributed by atoms with Crippen LogP contribution in [0.4, 0.5) is 0 Å². The number of benzene rings is 1. The van der Waals surface area contributed by atoms with E-state index in [-0.39, 0.29) is 11.8 Å². The molecule has 0 aliphatic carbocycles. The number of carbonyl (C=O) groups excluding carboxylic acids is 2. The highest BCUT2D eigenvalue weighted by Crippen LogP contribution is 2.09. The minimum atomic E-state index is -0.150. The van der Waals surface area contributed by atoms with Gasteiger partial charge in [0, 0.05) is 43.2 Å². The molecular weight excluding hydrogens is 342 g/mol. The lowest BCUT2D eigenvalue weighted by Gasteiger charge is -2.26. The fourth-order valence-corrected chi connectivity index (χ4v) is 2.72. The molecule has 0 unspecified atom stereocenters. The van der Waals surface area contributed by atoms with E-state index in [1.165, 1.54) is 0 Å². The monoisotopic (exact) mass is 367 g/mol. The predicted molar refractivity (Wildman–Crippen MR) is 97.9 cm³/mol. The van der Waals surface area contributed by atoms with Crippen LogP contribution < -0.4 is 10.6 Å². The highest BCUT2D eigenvalue weighted by atomic mass is 35.5. The summed E-state index contributed by atoms with van der Waals surface area (Å²) in [5, 5.41) is 6.33. The van der Waals surface area contributed by atoms with Crippen molar-refractivity contribution in [3.8, 4) is 0 Å². The third kappa shape index (κ3) is 7.86. The fraction of sp³-hybridized carbons (Fsp3) is 0.556. The lowest BCUT2D eigenvalue weighted by atomic mass is 10.2. The third-order valence-corrected chi connectivity index (χ3v) is 4.30. The summed E-state index contributed by atoms with van der Waals surface area (Å²) in [5.41, 5.74) is 0.567. The molecule has 2 rings (SSSR count). The SMILES string of the molecule is O=C(CCCNC(=O)c1ccc(Cl)cc1)NCCCN1CCOCC1. The Labute approximate surface area is 153 Å². The van der Waals surface area contributed by atoms with Crippen molar-refractivity contribution in [1.82, 2.24) is 15.5 Å². The first-order valence-corrected chi connectivity index (χ1v) is 9.13. The van der Waals surface area contributed by atoms with Gasteiger partial charge < -0.3 is 15.4 Å². The van der Waals surface area contributed by atoms with Crippen LogP contribution in [0.15, 0.2) is 24.3 Å². The molecule has 1 aliphatic heterocycles. The van der Waals surface area contributed by atoms with E-state index in [1.807, 2.05) is 0 Å². The Morgan fingerprint density at radius 2 is 1.72 bits per heavy atom. The summed E-state index contributed by atoms with van der Waals surface area (Å²) in [7, 11) is 0. The molecule has 1 aromatic carbocycles. The largest absolute Gasteiger partial charge is 0.379 e. The van der Waals surface area contributed by atoms with Gasteiger partial charge in [0.1, 0.15) is 0 Å². The van der Waals surface area contributed by atoms with Gasteiger partial charge in [-0.25, -0.2) is 0 Å². The van der Waals surface area contributed by atoms with E-state index in [9.17, 15) is 9.59 Å². The Kier molecular flexibility index (Phi) is 8.72. The van der Waals surface area contributed by atoms with Gasteiger partial charge in [-0.15, -0.1) is 0 Å². The van der Waals surface area contributed by atoms with Crippen LogP contribution in [0.5, 0.6) is 0 Å². The van der Waals surface area contributed by atoms with Gasteiger partial charge in [0.15, 0.2) is 0 Å². The van der Waals surface area contributed by atoms with Gasteiger partial charge >= 0.3 is 0 Å². The summed E-state index contributed by atoms with van der Waals surface area (Å²) < 4.78 is 5.30. The summed E-state index contributed by atoms with van der Waals surface area (Å²) in [6.45, 7) is 5.70. The van der Waals surface area contributed by atoms with Crippen LogP contribution in [0.1, 0.15) is 29.6 Å². The molecule has 0 spiro atoms. The Morgan fingerprint density at radius 1 is 1.04 bits per heavy atom. The first kappa shape index (κ1) is 19.7. The number of amides is 2. The van der Waals surface area contributed by atoms with E-state index in [2.05, 4.69) is 15.5 Å². The number of nitrogens with one attached hydrogen (secondary N) is 2. The van der Waals surface area contributed by atoms with Gasteiger partial charge in [0.25, 0.3) is 5.91 Å². The van der Waals surface area contributed by atoms with Crippen LogP contribution in [-0.2, 0) is 9.53 Å². The van der Waals surface area contributed by atoms with E-state index in [0.717, 1.165) is 39.3 Å². The molecule has 138 valence electrons. The third-order valence-electron chi connectivity index (χ3n) is 4.05. The molecule has 0 aromatic heterocycles. The molecule has 0 bridgehead atoms. The first-order valence-electron chi connectivity index (χ1n) is 8.76. The molecule has 1 aromatic rings. The van der Waals surface area contributed by atoms with Crippen LogP contribution >= 0.6 is 11.6 Å². The summed E-state index contributed by atoms with van der Waals surface area (Å²) in [4.78, 5) is 26.0. The number of rotatable bonds is 9. The van der Waals surface area contributed by atoms with E-state index >= 15 is 0 Å². The Bertz CT molecular complexity index is 545. The average molecular weight is 368 g/mol. The van der Waals surface area contributed by atoms with E-state index in [4.69, 9.17) is 16.3 Å². The number of hydrogen-bond acceptors (Lipinski definition) is 4. The molecule has 25 heavy (non-hydrogen) atoms. The molecule has 7 heteroatoms. The number of halogens is 1. The van der Waals surface area contributed by atoms with Crippen molar-refractivity contribution in [2.45, 2.75) is 19.3 Å². The topological polar surface area (TPSA) is 70.7 Å². The van der Waals surface area contributed by atoms with Crippen LogP contribution in [0.25, 0.3) is 0 Å². The molecule has 1 aliphatic rings. The highest BCUT2D eigenvalue weighted by Gasteiger charge is 2.09. The molecule has 0 radical (unpaired) electrons. The second-order valence-corrected chi connectivity index (χ2v) is 6.46. The number of hydrogen-bond donors (Lipinski definition) is 2. The van der Waals surface area contributed by atoms with Crippen LogP contribution in [0, 0.1) is 0 Å². The second-order valence-electron chi connectivity index (χ2n) is 6.02. The van der Waals surface area contributed by atoms with Crippen molar-refractivity contribution in [3.05, 3.63) is 34.9 Å². The smallest absolute Gasteiger partial charge is 0.251 e. The maximum Gasteiger partial charge on any atom is 0.251 e.